The highest BCUT2D eigenvalue weighted by molar-refractivity contribution is 6.29. The zero-order valence-corrected chi connectivity index (χ0v) is 9.59. The van der Waals surface area contributed by atoms with E-state index in [1.807, 2.05) is 36.4 Å². The minimum absolute atomic E-state index is 0.449. The number of hydrogen-bond acceptors (Lipinski definition) is 3. The van der Waals surface area contributed by atoms with Gasteiger partial charge in [0.2, 0.25) is 0 Å². The van der Waals surface area contributed by atoms with Crippen LogP contribution in [0.15, 0.2) is 48.8 Å². The summed E-state index contributed by atoms with van der Waals surface area (Å²) in [5.74, 6) is 0. The lowest BCUT2D eigenvalue weighted by Gasteiger charge is -2.04. The molecule has 0 radical (unpaired) electrons. The van der Waals surface area contributed by atoms with Crippen LogP contribution in [0, 0.1) is 0 Å². The van der Waals surface area contributed by atoms with Crippen molar-refractivity contribution in [1.82, 2.24) is 15.0 Å². The van der Waals surface area contributed by atoms with Gasteiger partial charge in [-0.05, 0) is 12.1 Å². The van der Waals surface area contributed by atoms with Crippen molar-refractivity contribution in [3.8, 4) is 11.3 Å². The lowest BCUT2D eigenvalue weighted by molar-refractivity contribution is 1.20. The van der Waals surface area contributed by atoms with Crippen LogP contribution in [0.4, 0.5) is 0 Å². The van der Waals surface area contributed by atoms with Crippen molar-refractivity contribution in [1.29, 1.82) is 0 Å². The third-order valence-corrected chi connectivity index (χ3v) is 2.71. The molecule has 0 saturated carbocycles. The van der Waals surface area contributed by atoms with Gasteiger partial charge in [0.1, 0.15) is 17.0 Å². The van der Waals surface area contributed by atoms with Crippen molar-refractivity contribution in [2.24, 2.45) is 0 Å². The third kappa shape index (κ3) is 1.85. The van der Waals surface area contributed by atoms with Crippen LogP contribution in [0.25, 0.3) is 22.3 Å². The largest absolute Gasteiger partial charge is 0.235 e. The molecule has 0 aliphatic heterocycles. The molecule has 4 heteroatoms. The molecular weight excluding hydrogens is 234 g/mol. The molecule has 0 spiro atoms. The SMILES string of the molecule is Clc1ccc2ncnc(-c3ccccc3)c2n1. The Morgan fingerprint density at radius 3 is 2.53 bits per heavy atom. The number of hydrogen-bond donors (Lipinski definition) is 0. The number of nitrogens with zero attached hydrogens (tertiary/aromatic N) is 3. The highest BCUT2D eigenvalue weighted by Crippen LogP contribution is 2.24. The van der Waals surface area contributed by atoms with E-state index in [0.29, 0.717) is 5.15 Å². The maximum atomic E-state index is 5.91. The number of fused-ring (bicyclic) bond motifs is 1. The summed E-state index contributed by atoms with van der Waals surface area (Å²) >= 11 is 5.91. The normalized spacial score (nSPS) is 10.6. The molecule has 2 aromatic heterocycles. The maximum Gasteiger partial charge on any atom is 0.130 e. The standard InChI is InChI=1S/C13H8ClN3/c14-11-7-6-10-13(17-11)12(16-8-15-10)9-4-2-1-3-5-9/h1-8H. The molecule has 17 heavy (non-hydrogen) atoms. The molecule has 0 aliphatic carbocycles. The molecule has 0 N–H and O–H groups in total. The molecule has 0 saturated heterocycles. The lowest BCUT2D eigenvalue weighted by atomic mass is 10.1. The Bertz CT molecular complexity index is 668. The Balaban J connectivity index is 2.33. The zero-order valence-electron chi connectivity index (χ0n) is 8.84. The van der Waals surface area contributed by atoms with Gasteiger partial charge in [-0.25, -0.2) is 15.0 Å². The van der Waals surface area contributed by atoms with Gasteiger partial charge in [-0.2, -0.15) is 0 Å². The Labute approximate surface area is 103 Å². The van der Waals surface area contributed by atoms with Crippen LogP contribution in [0.5, 0.6) is 0 Å². The Morgan fingerprint density at radius 2 is 1.71 bits per heavy atom. The first-order valence-electron chi connectivity index (χ1n) is 5.17. The quantitative estimate of drug-likeness (QED) is 0.614. The highest BCUT2D eigenvalue weighted by Gasteiger charge is 2.07. The van der Waals surface area contributed by atoms with E-state index in [1.165, 1.54) is 0 Å². The number of halogens is 1. The van der Waals surface area contributed by atoms with Crippen molar-refractivity contribution in [2.75, 3.05) is 0 Å². The zero-order chi connectivity index (χ0) is 11.7. The molecule has 82 valence electrons. The van der Waals surface area contributed by atoms with Crippen LogP contribution >= 0.6 is 11.6 Å². The van der Waals surface area contributed by atoms with Gasteiger partial charge in [-0.3, -0.25) is 0 Å². The first-order chi connectivity index (χ1) is 8.34. The predicted molar refractivity (Wildman–Crippen MR) is 67.8 cm³/mol. The van der Waals surface area contributed by atoms with E-state index in [0.717, 1.165) is 22.3 Å². The van der Waals surface area contributed by atoms with Gasteiger partial charge in [0.05, 0.1) is 11.2 Å². The number of benzene rings is 1. The molecule has 0 unspecified atom stereocenters. The molecule has 3 nitrogen and oxygen atoms in total. The number of pyridine rings is 1. The first-order valence-corrected chi connectivity index (χ1v) is 5.55. The Morgan fingerprint density at radius 1 is 0.882 bits per heavy atom. The summed E-state index contributed by atoms with van der Waals surface area (Å²) in [6, 6.07) is 13.5. The van der Waals surface area contributed by atoms with E-state index in [4.69, 9.17) is 11.6 Å². The average Bonchev–Trinajstić information content (AvgIpc) is 2.39. The molecule has 0 atom stereocenters. The second kappa shape index (κ2) is 4.11. The van der Waals surface area contributed by atoms with Gasteiger partial charge >= 0.3 is 0 Å². The molecule has 0 amide bonds. The van der Waals surface area contributed by atoms with Crippen LogP contribution in [0.1, 0.15) is 0 Å². The van der Waals surface area contributed by atoms with Crippen molar-refractivity contribution < 1.29 is 0 Å². The van der Waals surface area contributed by atoms with Gasteiger partial charge in [0, 0.05) is 5.56 Å². The second-order valence-corrected chi connectivity index (χ2v) is 3.98. The smallest absolute Gasteiger partial charge is 0.130 e. The van der Waals surface area contributed by atoms with Gasteiger partial charge in [0.15, 0.2) is 0 Å². The summed E-state index contributed by atoms with van der Waals surface area (Å²) < 4.78 is 0. The first kappa shape index (κ1) is 10.2. The molecule has 0 fully saturated rings. The molecule has 0 bridgehead atoms. The molecule has 2 heterocycles. The summed E-state index contributed by atoms with van der Waals surface area (Å²) in [5.41, 5.74) is 3.34. The summed E-state index contributed by atoms with van der Waals surface area (Å²) in [7, 11) is 0. The van der Waals surface area contributed by atoms with Crippen molar-refractivity contribution in [3.63, 3.8) is 0 Å². The van der Waals surface area contributed by atoms with Crippen molar-refractivity contribution in [3.05, 3.63) is 53.9 Å². The van der Waals surface area contributed by atoms with Gasteiger partial charge in [-0.15, -0.1) is 0 Å². The van der Waals surface area contributed by atoms with E-state index < -0.39 is 0 Å². The van der Waals surface area contributed by atoms with E-state index >= 15 is 0 Å². The fourth-order valence-corrected chi connectivity index (χ4v) is 1.87. The minimum atomic E-state index is 0.449. The molecule has 3 aromatic rings. The summed E-state index contributed by atoms with van der Waals surface area (Å²) in [5, 5.41) is 0.449. The summed E-state index contributed by atoms with van der Waals surface area (Å²) in [4.78, 5) is 12.8. The van der Waals surface area contributed by atoms with Crippen LogP contribution in [0.3, 0.4) is 0 Å². The molecule has 0 aliphatic rings. The fourth-order valence-electron chi connectivity index (χ4n) is 1.72. The van der Waals surface area contributed by atoms with Gasteiger partial charge < -0.3 is 0 Å². The van der Waals surface area contributed by atoms with E-state index in [9.17, 15) is 0 Å². The molecular formula is C13H8ClN3. The van der Waals surface area contributed by atoms with Gasteiger partial charge in [-0.1, -0.05) is 41.9 Å². The fraction of sp³-hybridized carbons (Fsp3) is 0. The topological polar surface area (TPSA) is 38.7 Å². The molecule has 1 aromatic carbocycles. The summed E-state index contributed by atoms with van der Waals surface area (Å²) in [6.07, 6.45) is 1.54. The van der Waals surface area contributed by atoms with Crippen molar-refractivity contribution >= 4 is 22.6 Å². The minimum Gasteiger partial charge on any atom is -0.235 e. The monoisotopic (exact) mass is 241 g/mol. The van der Waals surface area contributed by atoms with E-state index in [-0.39, 0.29) is 0 Å². The lowest BCUT2D eigenvalue weighted by Crippen LogP contribution is -1.91. The van der Waals surface area contributed by atoms with Crippen LogP contribution in [-0.2, 0) is 0 Å². The van der Waals surface area contributed by atoms with E-state index in [2.05, 4.69) is 15.0 Å². The number of aromatic nitrogens is 3. The van der Waals surface area contributed by atoms with Crippen LogP contribution in [-0.4, -0.2) is 15.0 Å². The predicted octanol–water partition coefficient (Wildman–Crippen LogP) is 3.35. The second-order valence-electron chi connectivity index (χ2n) is 3.59. The molecule has 3 rings (SSSR count). The maximum absolute atomic E-state index is 5.91. The Kier molecular flexibility index (Phi) is 2.46. The Hall–Kier alpha value is -2.00. The van der Waals surface area contributed by atoms with Gasteiger partial charge in [0.25, 0.3) is 0 Å². The average molecular weight is 242 g/mol. The van der Waals surface area contributed by atoms with Crippen molar-refractivity contribution in [2.45, 2.75) is 0 Å². The third-order valence-electron chi connectivity index (χ3n) is 2.50. The summed E-state index contributed by atoms with van der Waals surface area (Å²) in [6.45, 7) is 0. The number of rotatable bonds is 1. The van der Waals surface area contributed by atoms with Crippen LogP contribution < -0.4 is 0 Å². The van der Waals surface area contributed by atoms with Crippen LogP contribution in [0.2, 0.25) is 5.15 Å². The highest BCUT2D eigenvalue weighted by atomic mass is 35.5. The van der Waals surface area contributed by atoms with E-state index in [1.54, 1.807) is 12.4 Å².